The maximum absolute atomic E-state index is 12.6. The molecule has 6 nitrogen and oxygen atoms in total. The number of amides is 2. The van der Waals surface area contributed by atoms with Crippen molar-refractivity contribution in [1.29, 1.82) is 0 Å². The van der Waals surface area contributed by atoms with Crippen LogP contribution in [0.3, 0.4) is 0 Å². The Bertz CT molecular complexity index is 646. The Morgan fingerprint density at radius 1 is 1.25 bits per heavy atom. The zero-order valence-corrected chi connectivity index (χ0v) is 14.4. The Morgan fingerprint density at radius 3 is 2.67 bits per heavy atom. The van der Waals surface area contributed by atoms with Crippen LogP contribution < -0.4 is 5.32 Å². The highest BCUT2D eigenvalue weighted by Gasteiger charge is 2.15. The number of carbonyl (C=O) groups is 1. The van der Waals surface area contributed by atoms with Gasteiger partial charge in [-0.15, -0.1) is 0 Å². The third-order valence-electron chi connectivity index (χ3n) is 3.77. The number of aromatic nitrogens is 2. The van der Waals surface area contributed by atoms with Gasteiger partial charge in [-0.3, -0.25) is 0 Å². The number of aryl methyl sites for hydroxylation is 1. The summed E-state index contributed by atoms with van der Waals surface area (Å²) in [5, 5.41) is 16.4. The Hall–Kier alpha value is -2.34. The first-order valence-electron chi connectivity index (χ1n) is 8.44. The van der Waals surface area contributed by atoms with Gasteiger partial charge in [0.05, 0.1) is 17.1 Å². The molecule has 2 rings (SSSR count). The molecule has 0 bridgehead atoms. The highest BCUT2D eigenvalue weighted by atomic mass is 16.3. The molecular formula is C18H26N4O2. The molecule has 1 aromatic heterocycles. The molecule has 0 aliphatic heterocycles. The maximum Gasteiger partial charge on any atom is 0.321 e. The van der Waals surface area contributed by atoms with Crippen LogP contribution in [0.2, 0.25) is 0 Å². The van der Waals surface area contributed by atoms with E-state index in [1.165, 1.54) is 0 Å². The second kappa shape index (κ2) is 9.08. The van der Waals surface area contributed by atoms with Crippen LogP contribution in [0.15, 0.2) is 36.5 Å². The molecule has 0 spiro atoms. The monoisotopic (exact) mass is 330 g/mol. The Balaban J connectivity index is 2.15. The summed E-state index contributed by atoms with van der Waals surface area (Å²) in [6, 6.07) is 9.38. The highest BCUT2D eigenvalue weighted by Crippen LogP contribution is 2.20. The van der Waals surface area contributed by atoms with Crippen LogP contribution in [0.4, 0.5) is 10.5 Å². The van der Waals surface area contributed by atoms with Gasteiger partial charge < -0.3 is 15.3 Å². The van der Waals surface area contributed by atoms with E-state index in [4.69, 9.17) is 5.11 Å². The lowest BCUT2D eigenvalue weighted by molar-refractivity contribution is 0.201. The van der Waals surface area contributed by atoms with Crippen molar-refractivity contribution >= 4 is 11.7 Å². The van der Waals surface area contributed by atoms with Gasteiger partial charge in [0.1, 0.15) is 0 Å². The quantitative estimate of drug-likeness (QED) is 0.781. The Morgan fingerprint density at radius 2 is 2.00 bits per heavy atom. The SMILES string of the molecule is CCCCN(CCCO)C(=O)Nc1ccccc1-n1ccc(C)n1. The van der Waals surface area contributed by atoms with Gasteiger partial charge >= 0.3 is 6.03 Å². The maximum atomic E-state index is 12.6. The fourth-order valence-electron chi connectivity index (χ4n) is 2.45. The van der Waals surface area contributed by atoms with E-state index >= 15 is 0 Å². The smallest absolute Gasteiger partial charge is 0.321 e. The Labute approximate surface area is 143 Å². The normalized spacial score (nSPS) is 10.6. The van der Waals surface area contributed by atoms with E-state index in [0.29, 0.717) is 19.5 Å². The molecule has 1 heterocycles. The van der Waals surface area contributed by atoms with Crippen molar-refractivity contribution in [2.24, 2.45) is 0 Å². The molecule has 0 aliphatic carbocycles. The number of unbranched alkanes of at least 4 members (excludes halogenated alkanes) is 1. The number of aliphatic hydroxyl groups is 1. The van der Waals surface area contributed by atoms with Crippen LogP contribution in [0.1, 0.15) is 31.9 Å². The summed E-state index contributed by atoms with van der Waals surface area (Å²) in [6.07, 6.45) is 4.42. The second-order valence-corrected chi connectivity index (χ2v) is 5.77. The number of hydrogen-bond acceptors (Lipinski definition) is 3. The number of nitrogens with one attached hydrogen (secondary N) is 1. The fraction of sp³-hybridized carbons (Fsp3) is 0.444. The molecule has 0 radical (unpaired) electrons. The van der Waals surface area contributed by atoms with Crippen molar-refractivity contribution < 1.29 is 9.90 Å². The summed E-state index contributed by atoms with van der Waals surface area (Å²) in [5.74, 6) is 0. The van der Waals surface area contributed by atoms with Crippen LogP contribution in [0.25, 0.3) is 5.69 Å². The van der Waals surface area contributed by atoms with Crippen LogP contribution >= 0.6 is 0 Å². The Kier molecular flexibility index (Phi) is 6.81. The van der Waals surface area contributed by atoms with E-state index in [2.05, 4.69) is 17.3 Å². The number of urea groups is 1. The summed E-state index contributed by atoms with van der Waals surface area (Å²) < 4.78 is 1.76. The van der Waals surface area contributed by atoms with Crippen LogP contribution in [-0.4, -0.2) is 45.5 Å². The van der Waals surface area contributed by atoms with Crippen LogP contribution in [-0.2, 0) is 0 Å². The standard InChI is InChI=1S/C18H26N4O2/c1-3-4-11-21(12-7-14-23)18(24)19-16-8-5-6-9-17(16)22-13-10-15(2)20-22/h5-6,8-10,13,23H,3-4,7,11-12,14H2,1-2H3,(H,19,24). The van der Waals surface area contributed by atoms with Gasteiger partial charge in [-0.05, 0) is 38.0 Å². The average Bonchev–Trinajstić information content (AvgIpc) is 3.01. The molecule has 0 unspecified atom stereocenters. The number of anilines is 1. The molecule has 6 heteroatoms. The summed E-state index contributed by atoms with van der Waals surface area (Å²) >= 11 is 0. The van der Waals surface area contributed by atoms with Gasteiger partial charge in [0, 0.05) is 25.9 Å². The first-order valence-corrected chi connectivity index (χ1v) is 8.44. The topological polar surface area (TPSA) is 70.4 Å². The van der Waals surface area contributed by atoms with Crippen LogP contribution in [0.5, 0.6) is 0 Å². The van der Waals surface area contributed by atoms with Crippen molar-refractivity contribution in [3.63, 3.8) is 0 Å². The second-order valence-electron chi connectivity index (χ2n) is 5.77. The van der Waals surface area contributed by atoms with Crippen molar-refractivity contribution in [3.8, 4) is 5.69 Å². The number of nitrogens with zero attached hydrogens (tertiary/aromatic N) is 3. The van der Waals surface area contributed by atoms with Crippen molar-refractivity contribution in [2.45, 2.75) is 33.1 Å². The minimum absolute atomic E-state index is 0.0824. The van der Waals surface area contributed by atoms with Crippen molar-refractivity contribution in [2.75, 3.05) is 25.0 Å². The largest absolute Gasteiger partial charge is 0.396 e. The first-order chi connectivity index (χ1) is 11.7. The average molecular weight is 330 g/mol. The molecule has 1 aromatic carbocycles. The molecule has 2 N–H and O–H groups in total. The van der Waals surface area contributed by atoms with E-state index < -0.39 is 0 Å². The first kappa shape index (κ1) is 18.0. The third kappa shape index (κ3) is 4.83. The lowest BCUT2D eigenvalue weighted by atomic mass is 10.2. The van der Waals surface area contributed by atoms with Crippen molar-refractivity contribution in [3.05, 3.63) is 42.2 Å². The van der Waals surface area contributed by atoms with Crippen LogP contribution in [0, 0.1) is 6.92 Å². The zero-order valence-electron chi connectivity index (χ0n) is 14.4. The minimum Gasteiger partial charge on any atom is -0.396 e. The molecular weight excluding hydrogens is 304 g/mol. The number of hydrogen-bond donors (Lipinski definition) is 2. The molecule has 0 saturated carbocycles. The number of para-hydroxylation sites is 2. The third-order valence-corrected chi connectivity index (χ3v) is 3.77. The number of benzene rings is 1. The zero-order chi connectivity index (χ0) is 17.4. The minimum atomic E-state index is -0.145. The van der Waals surface area contributed by atoms with Gasteiger partial charge in [-0.25, -0.2) is 9.48 Å². The van der Waals surface area contributed by atoms with E-state index in [1.54, 1.807) is 9.58 Å². The van der Waals surface area contributed by atoms with Gasteiger partial charge in [0.25, 0.3) is 0 Å². The molecule has 0 saturated heterocycles. The fourth-order valence-corrected chi connectivity index (χ4v) is 2.45. The molecule has 2 amide bonds. The molecule has 24 heavy (non-hydrogen) atoms. The lowest BCUT2D eigenvalue weighted by Crippen LogP contribution is -2.37. The number of aliphatic hydroxyl groups excluding tert-OH is 1. The van der Waals surface area contributed by atoms with E-state index in [0.717, 1.165) is 29.9 Å². The number of carbonyl (C=O) groups excluding carboxylic acids is 1. The molecule has 130 valence electrons. The predicted octanol–water partition coefficient (Wildman–Crippen LogP) is 3.20. The summed E-state index contributed by atoms with van der Waals surface area (Å²) in [6.45, 7) is 5.34. The number of rotatable bonds is 8. The van der Waals surface area contributed by atoms with Gasteiger partial charge in [0.2, 0.25) is 0 Å². The van der Waals surface area contributed by atoms with E-state index in [9.17, 15) is 4.79 Å². The summed E-state index contributed by atoms with van der Waals surface area (Å²) in [5.41, 5.74) is 2.47. The summed E-state index contributed by atoms with van der Waals surface area (Å²) in [4.78, 5) is 14.4. The van der Waals surface area contributed by atoms with E-state index in [1.807, 2.05) is 43.5 Å². The summed E-state index contributed by atoms with van der Waals surface area (Å²) in [7, 11) is 0. The van der Waals surface area contributed by atoms with Gasteiger partial charge in [0.15, 0.2) is 0 Å². The molecule has 0 aliphatic rings. The molecule has 2 aromatic rings. The highest BCUT2D eigenvalue weighted by molar-refractivity contribution is 5.91. The van der Waals surface area contributed by atoms with E-state index in [-0.39, 0.29) is 12.6 Å². The molecule has 0 atom stereocenters. The molecule has 0 fully saturated rings. The predicted molar refractivity (Wildman–Crippen MR) is 95.5 cm³/mol. The van der Waals surface area contributed by atoms with Crippen molar-refractivity contribution in [1.82, 2.24) is 14.7 Å². The van der Waals surface area contributed by atoms with Gasteiger partial charge in [-0.2, -0.15) is 5.10 Å². The lowest BCUT2D eigenvalue weighted by Gasteiger charge is -2.23. The van der Waals surface area contributed by atoms with Gasteiger partial charge in [-0.1, -0.05) is 25.5 Å².